The van der Waals surface area contributed by atoms with Crippen LogP contribution in [0.15, 0.2) is 24.3 Å². The van der Waals surface area contributed by atoms with Crippen molar-refractivity contribution in [2.75, 3.05) is 27.4 Å². The lowest BCUT2D eigenvalue weighted by atomic mass is 9.86. The minimum atomic E-state index is -1.82. The molecular weight excluding hydrogens is 492 g/mol. The monoisotopic (exact) mass is 520 g/mol. The van der Waals surface area contributed by atoms with Crippen molar-refractivity contribution < 1.29 is 58.7 Å². The Labute approximate surface area is 211 Å². The van der Waals surface area contributed by atoms with Crippen molar-refractivity contribution >= 4 is 5.97 Å². The first kappa shape index (κ1) is 25.4. The number of fused-ring (bicyclic) bond motifs is 5. The highest BCUT2D eigenvalue weighted by molar-refractivity contribution is 5.73. The van der Waals surface area contributed by atoms with Gasteiger partial charge in [-0.2, -0.15) is 0 Å². The van der Waals surface area contributed by atoms with Gasteiger partial charge in [0.2, 0.25) is 12.0 Å². The lowest BCUT2D eigenvalue weighted by Gasteiger charge is -2.38. The number of carboxylic acid groups (broad SMARTS) is 1. The zero-order valence-electron chi connectivity index (χ0n) is 20.1. The number of hydrogen-bond acceptors (Lipinski definition) is 11. The summed E-state index contributed by atoms with van der Waals surface area (Å²) in [5.74, 6) is 0.428. The molecule has 0 amide bonds. The summed E-state index contributed by atoms with van der Waals surface area (Å²) in [7, 11) is 3.05. The largest absolute Gasteiger partial charge is 0.493 e. The Kier molecular flexibility index (Phi) is 6.77. The first-order valence-electron chi connectivity index (χ1n) is 11.7. The summed E-state index contributed by atoms with van der Waals surface area (Å²) >= 11 is 0. The van der Waals surface area contributed by atoms with Crippen molar-refractivity contribution in [3.8, 4) is 28.7 Å². The van der Waals surface area contributed by atoms with Crippen LogP contribution in [0.3, 0.4) is 0 Å². The fourth-order valence-electron chi connectivity index (χ4n) is 5.10. The number of ether oxygens (including phenoxy) is 6. The molecule has 3 aliphatic heterocycles. The Bertz CT molecular complexity index is 1180. The summed E-state index contributed by atoms with van der Waals surface area (Å²) in [5.41, 5.74) is 2.47. The van der Waals surface area contributed by atoms with E-state index in [4.69, 9.17) is 28.4 Å². The molecule has 5 rings (SSSR count). The fraction of sp³-hybridized carbons (Fsp3) is 0.480. The van der Waals surface area contributed by atoms with Crippen molar-refractivity contribution in [2.45, 2.75) is 49.1 Å². The average Bonchev–Trinajstić information content (AvgIpc) is 3.28. The number of methoxy groups -OCH3 is 2. The van der Waals surface area contributed by atoms with E-state index >= 15 is 0 Å². The molecular formula is C25H28O12. The summed E-state index contributed by atoms with van der Waals surface area (Å²) in [6.07, 6.45) is -8.62. The second-order valence-corrected chi connectivity index (χ2v) is 9.00. The molecule has 0 aromatic heterocycles. The van der Waals surface area contributed by atoms with Crippen LogP contribution in [-0.2, 0) is 16.0 Å². The van der Waals surface area contributed by atoms with Crippen LogP contribution in [0.1, 0.15) is 28.7 Å². The number of hydrogen-bond donors (Lipinski definition) is 5. The molecule has 12 heteroatoms. The summed E-state index contributed by atoms with van der Waals surface area (Å²) in [5, 5.41) is 49.0. The molecule has 2 aromatic carbocycles. The third-order valence-corrected chi connectivity index (χ3v) is 6.89. The van der Waals surface area contributed by atoms with Crippen LogP contribution in [0, 0.1) is 0 Å². The predicted octanol–water partition coefficient (Wildman–Crippen LogP) is 0.119. The van der Waals surface area contributed by atoms with Gasteiger partial charge in [-0.15, -0.1) is 0 Å². The normalized spacial score (nSPS) is 29.7. The molecule has 12 nitrogen and oxygen atoms in total. The van der Waals surface area contributed by atoms with E-state index < -0.39 is 42.8 Å². The van der Waals surface area contributed by atoms with Gasteiger partial charge in [0.05, 0.1) is 26.7 Å². The summed E-state index contributed by atoms with van der Waals surface area (Å²) in [6.45, 7) is 0.206. The number of benzene rings is 2. The Balaban J connectivity index is 1.42. The van der Waals surface area contributed by atoms with Crippen LogP contribution in [-0.4, -0.2) is 89.6 Å². The molecule has 0 bridgehead atoms. The zero-order valence-corrected chi connectivity index (χ0v) is 20.1. The second-order valence-electron chi connectivity index (χ2n) is 9.00. The second kappa shape index (κ2) is 9.88. The van der Waals surface area contributed by atoms with E-state index in [-0.39, 0.29) is 24.9 Å². The molecule has 0 saturated carbocycles. The summed E-state index contributed by atoms with van der Waals surface area (Å²) < 4.78 is 34.3. The third kappa shape index (κ3) is 4.20. The van der Waals surface area contributed by atoms with Gasteiger partial charge in [-0.25, -0.2) is 4.79 Å². The maximum absolute atomic E-state index is 11.4. The molecule has 0 spiro atoms. The molecule has 3 heterocycles. The molecule has 7 atom stereocenters. The molecule has 0 unspecified atom stereocenters. The maximum atomic E-state index is 11.4. The number of rotatable bonds is 7. The minimum Gasteiger partial charge on any atom is -0.493 e. The van der Waals surface area contributed by atoms with E-state index in [1.807, 2.05) is 6.07 Å². The summed E-state index contributed by atoms with van der Waals surface area (Å²) in [6, 6.07) is 6.68. The highest BCUT2D eigenvalue weighted by Crippen LogP contribution is 2.57. The summed E-state index contributed by atoms with van der Waals surface area (Å²) in [4.78, 5) is 11.4. The minimum absolute atomic E-state index is 0.0546. The Morgan fingerprint density at radius 1 is 1.08 bits per heavy atom. The van der Waals surface area contributed by atoms with Gasteiger partial charge in [0, 0.05) is 23.8 Å². The first-order valence-corrected chi connectivity index (χ1v) is 11.7. The van der Waals surface area contributed by atoms with Crippen LogP contribution < -0.4 is 23.7 Å². The quantitative estimate of drug-likeness (QED) is 0.334. The van der Waals surface area contributed by atoms with E-state index in [2.05, 4.69) is 0 Å². The predicted molar refractivity (Wildman–Crippen MR) is 123 cm³/mol. The van der Waals surface area contributed by atoms with E-state index in [0.29, 0.717) is 29.4 Å². The van der Waals surface area contributed by atoms with Crippen LogP contribution in [0.2, 0.25) is 0 Å². The number of aliphatic hydroxyl groups excluding tert-OH is 4. The molecule has 0 aliphatic carbocycles. The van der Waals surface area contributed by atoms with Gasteiger partial charge in [0.25, 0.3) is 0 Å². The molecule has 200 valence electrons. The third-order valence-electron chi connectivity index (χ3n) is 6.89. The Morgan fingerprint density at radius 2 is 1.86 bits per heavy atom. The molecule has 1 fully saturated rings. The van der Waals surface area contributed by atoms with Crippen molar-refractivity contribution in [3.05, 3.63) is 41.0 Å². The topological polar surface area (TPSA) is 174 Å². The van der Waals surface area contributed by atoms with Crippen LogP contribution in [0.5, 0.6) is 28.7 Å². The van der Waals surface area contributed by atoms with Crippen molar-refractivity contribution in [1.29, 1.82) is 0 Å². The van der Waals surface area contributed by atoms with E-state index in [1.54, 1.807) is 18.2 Å². The van der Waals surface area contributed by atoms with E-state index in [0.717, 1.165) is 16.7 Å². The van der Waals surface area contributed by atoms with Crippen molar-refractivity contribution in [1.82, 2.24) is 0 Å². The Morgan fingerprint density at radius 3 is 2.54 bits per heavy atom. The lowest BCUT2D eigenvalue weighted by molar-refractivity contribution is -0.271. The van der Waals surface area contributed by atoms with Crippen LogP contribution >= 0.6 is 0 Å². The SMILES string of the molecule is COc1cc(CCO)c2c(c1OC)O[C@@H]1c3ccc(O[C@H]4O[C@H](C(=O)O)[C@@H](O)[C@H](O)[C@H]4O)cc3OC[C@@H]21. The maximum Gasteiger partial charge on any atom is 0.335 e. The van der Waals surface area contributed by atoms with Gasteiger partial charge in [-0.1, -0.05) is 0 Å². The zero-order chi connectivity index (χ0) is 26.4. The highest BCUT2D eigenvalue weighted by Gasteiger charge is 2.48. The first-order chi connectivity index (χ1) is 17.8. The number of aliphatic hydroxyl groups is 4. The molecule has 5 N–H and O–H groups in total. The van der Waals surface area contributed by atoms with E-state index in [9.17, 15) is 30.3 Å². The van der Waals surface area contributed by atoms with Gasteiger partial charge in [0.1, 0.15) is 35.9 Å². The average molecular weight is 520 g/mol. The van der Waals surface area contributed by atoms with E-state index in [1.165, 1.54) is 14.2 Å². The van der Waals surface area contributed by atoms with Gasteiger partial charge in [0.15, 0.2) is 17.6 Å². The molecule has 37 heavy (non-hydrogen) atoms. The smallest absolute Gasteiger partial charge is 0.335 e. The number of aliphatic carboxylic acids is 1. The number of carboxylic acids is 1. The van der Waals surface area contributed by atoms with Gasteiger partial charge >= 0.3 is 5.97 Å². The van der Waals surface area contributed by atoms with Gasteiger partial charge in [-0.3, -0.25) is 0 Å². The standard InChI is InChI=1S/C25H28O12/c1-32-15-7-10(5-6-26)16-13-9-34-14-8-11(3-4-12(14)20(13)36-22(16)21(15)33-2)35-25-19(29)17(27)18(28)23(37-25)24(30)31/h3-4,7-8,13,17-20,23,25-29H,5-6,9H2,1-2H3,(H,30,31)/t13-,17-,18-,19+,20+,23-,25-/m0/s1. The molecule has 1 saturated heterocycles. The van der Waals surface area contributed by atoms with Crippen molar-refractivity contribution in [2.24, 2.45) is 0 Å². The Hall–Kier alpha value is -3.29. The number of carbonyl (C=O) groups is 1. The fourth-order valence-corrected chi connectivity index (χ4v) is 5.10. The van der Waals surface area contributed by atoms with Crippen LogP contribution in [0.25, 0.3) is 0 Å². The highest BCUT2D eigenvalue weighted by atomic mass is 16.7. The molecule has 2 aromatic rings. The van der Waals surface area contributed by atoms with Crippen molar-refractivity contribution in [3.63, 3.8) is 0 Å². The lowest BCUT2D eigenvalue weighted by Crippen LogP contribution is -2.61. The molecule has 3 aliphatic rings. The molecule has 0 radical (unpaired) electrons. The van der Waals surface area contributed by atoms with Crippen LogP contribution in [0.4, 0.5) is 0 Å². The van der Waals surface area contributed by atoms with Gasteiger partial charge < -0.3 is 54.0 Å². The van der Waals surface area contributed by atoms with Gasteiger partial charge in [-0.05, 0) is 30.2 Å².